The fraction of sp³-hybridized carbons (Fsp3) is 0.214. The van der Waals surface area contributed by atoms with Gasteiger partial charge in [0.15, 0.2) is 0 Å². The van der Waals surface area contributed by atoms with Crippen molar-refractivity contribution in [1.29, 1.82) is 0 Å². The molecule has 1 aromatic carbocycles. The van der Waals surface area contributed by atoms with Gasteiger partial charge >= 0.3 is 0 Å². The third kappa shape index (κ3) is 2.83. The molecule has 0 saturated heterocycles. The highest BCUT2D eigenvalue weighted by atomic mass is 32.2. The maximum atomic E-state index is 5.85. The highest BCUT2D eigenvalue weighted by molar-refractivity contribution is 7.99. The highest BCUT2D eigenvalue weighted by Gasteiger charge is 2.03. The second-order valence-corrected chi connectivity index (χ2v) is 5.24. The lowest BCUT2D eigenvalue weighted by molar-refractivity contribution is 1.06. The van der Waals surface area contributed by atoms with Gasteiger partial charge in [0, 0.05) is 22.6 Å². The number of pyridine rings is 1. The second kappa shape index (κ2) is 5.89. The van der Waals surface area contributed by atoms with Crippen LogP contribution in [0.15, 0.2) is 41.3 Å². The first kappa shape index (κ1) is 12.9. The fourth-order valence-corrected chi connectivity index (χ4v) is 2.39. The third-order valence-corrected chi connectivity index (χ3v) is 3.59. The van der Waals surface area contributed by atoms with Gasteiger partial charge in [0.25, 0.3) is 0 Å². The van der Waals surface area contributed by atoms with E-state index in [4.69, 9.17) is 11.5 Å². The molecule has 1 heterocycles. The molecule has 4 N–H and O–H groups in total. The number of hydrogen-bond donors (Lipinski definition) is 2. The summed E-state index contributed by atoms with van der Waals surface area (Å²) in [5.74, 6) is 1.59. The van der Waals surface area contributed by atoms with Gasteiger partial charge in [-0.2, -0.15) is 0 Å². The summed E-state index contributed by atoms with van der Waals surface area (Å²) in [6.45, 7) is 2.57. The molecule has 3 nitrogen and oxygen atoms in total. The molecule has 1 aromatic heterocycles. The maximum Gasteiger partial charge on any atom is 0.128 e. The van der Waals surface area contributed by atoms with Crippen molar-refractivity contribution in [2.45, 2.75) is 18.4 Å². The van der Waals surface area contributed by atoms with Crippen LogP contribution >= 0.6 is 11.8 Å². The first-order valence-electron chi connectivity index (χ1n) is 5.93. The lowest BCUT2D eigenvalue weighted by Crippen LogP contribution is -2.03. The average Bonchev–Trinajstić information content (AvgIpc) is 2.40. The number of hydrogen-bond acceptors (Lipinski definition) is 4. The number of benzene rings is 1. The zero-order valence-corrected chi connectivity index (χ0v) is 11.2. The van der Waals surface area contributed by atoms with Crippen molar-refractivity contribution in [2.75, 3.05) is 11.5 Å². The van der Waals surface area contributed by atoms with Crippen molar-refractivity contribution >= 4 is 17.6 Å². The molecule has 0 spiro atoms. The summed E-state index contributed by atoms with van der Waals surface area (Å²) in [6.07, 6.45) is 0. The molecule has 0 atom stereocenters. The summed E-state index contributed by atoms with van der Waals surface area (Å²) >= 11 is 1.83. The Balaban J connectivity index is 2.28. The summed E-state index contributed by atoms with van der Waals surface area (Å²) < 4.78 is 0. The molecule has 0 saturated carbocycles. The average molecular weight is 259 g/mol. The van der Waals surface area contributed by atoms with E-state index < -0.39 is 0 Å². The molecular weight excluding hydrogens is 242 g/mol. The van der Waals surface area contributed by atoms with E-state index in [1.807, 2.05) is 23.9 Å². The molecule has 0 aliphatic heterocycles. The fourth-order valence-electron chi connectivity index (χ4n) is 1.73. The highest BCUT2D eigenvalue weighted by Crippen LogP contribution is 2.24. The molecule has 18 heavy (non-hydrogen) atoms. The van der Waals surface area contributed by atoms with Gasteiger partial charge in [-0.1, -0.05) is 25.1 Å². The standard InChI is InChI=1S/C14H17N3S/c1-2-18-12-6-3-10(4-7-12)13-8-5-11(9-15)14(16)17-13/h3-8H,2,9,15H2,1H3,(H2,16,17). The summed E-state index contributed by atoms with van der Waals surface area (Å²) in [5.41, 5.74) is 14.3. The Morgan fingerprint density at radius 2 is 1.83 bits per heavy atom. The van der Waals surface area contributed by atoms with E-state index in [0.29, 0.717) is 12.4 Å². The van der Waals surface area contributed by atoms with Gasteiger partial charge in [0.1, 0.15) is 5.82 Å². The smallest absolute Gasteiger partial charge is 0.128 e. The summed E-state index contributed by atoms with van der Waals surface area (Å²) in [4.78, 5) is 5.65. The topological polar surface area (TPSA) is 64.9 Å². The van der Waals surface area contributed by atoms with Crippen molar-refractivity contribution < 1.29 is 0 Å². The Kier molecular flexibility index (Phi) is 4.23. The Morgan fingerprint density at radius 3 is 2.39 bits per heavy atom. The zero-order valence-electron chi connectivity index (χ0n) is 10.4. The Labute approximate surface area is 112 Å². The molecule has 2 aromatic rings. The van der Waals surface area contributed by atoms with Gasteiger partial charge in [-0.25, -0.2) is 4.98 Å². The molecule has 94 valence electrons. The van der Waals surface area contributed by atoms with E-state index >= 15 is 0 Å². The molecule has 0 amide bonds. The molecule has 0 aliphatic rings. The lowest BCUT2D eigenvalue weighted by Gasteiger charge is -2.06. The van der Waals surface area contributed by atoms with Crippen LogP contribution in [0.2, 0.25) is 0 Å². The first-order chi connectivity index (χ1) is 8.74. The van der Waals surface area contributed by atoms with Gasteiger partial charge in [0.05, 0.1) is 5.69 Å². The molecular formula is C14H17N3S. The summed E-state index contributed by atoms with van der Waals surface area (Å²) in [6, 6.07) is 12.3. The Bertz CT molecular complexity index is 523. The van der Waals surface area contributed by atoms with E-state index in [0.717, 1.165) is 22.6 Å². The molecule has 0 radical (unpaired) electrons. The quantitative estimate of drug-likeness (QED) is 0.829. The number of aromatic nitrogens is 1. The van der Waals surface area contributed by atoms with Crippen LogP contribution in [0.3, 0.4) is 0 Å². The monoisotopic (exact) mass is 259 g/mol. The van der Waals surface area contributed by atoms with Gasteiger partial charge in [0.2, 0.25) is 0 Å². The predicted molar refractivity (Wildman–Crippen MR) is 78.4 cm³/mol. The van der Waals surface area contributed by atoms with Crippen molar-refractivity contribution in [2.24, 2.45) is 5.73 Å². The van der Waals surface area contributed by atoms with E-state index in [1.54, 1.807) is 0 Å². The minimum Gasteiger partial charge on any atom is -0.383 e. The number of nitrogens with two attached hydrogens (primary N) is 2. The largest absolute Gasteiger partial charge is 0.383 e. The van der Waals surface area contributed by atoms with Gasteiger partial charge in [-0.05, 0) is 24.0 Å². The van der Waals surface area contributed by atoms with Crippen LogP contribution in [-0.2, 0) is 6.54 Å². The van der Waals surface area contributed by atoms with Crippen LogP contribution in [0, 0.1) is 0 Å². The Morgan fingerprint density at radius 1 is 1.11 bits per heavy atom. The molecule has 4 heteroatoms. The molecule has 0 fully saturated rings. The molecule has 0 unspecified atom stereocenters. The van der Waals surface area contributed by atoms with E-state index in [-0.39, 0.29) is 0 Å². The minimum atomic E-state index is 0.422. The van der Waals surface area contributed by atoms with Gasteiger partial charge in [-0.15, -0.1) is 11.8 Å². The summed E-state index contributed by atoms with van der Waals surface area (Å²) in [5, 5.41) is 0. The number of anilines is 1. The number of nitrogen functional groups attached to an aromatic ring is 1. The third-order valence-electron chi connectivity index (χ3n) is 2.69. The van der Waals surface area contributed by atoms with Crippen molar-refractivity contribution in [3.8, 4) is 11.3 Å². The van der Waals surface area contributed by atoms with Crippen LogP contribution in [0.5, 0.6) is 0 Å². The normalized spacial score (nSPS) is 10.6. The maximum absolute atomic E-state index is 5.85. The van der Waals surface area contributed by atoms with Gasteiger partial charge in [-0.3, -0.25) is 0 Å². The number of thioether (sulfide) groups is 1. The number of rotatable bonds is 4. The molecule has 0 aliphatic carbocycles. The van der Waals surface area contributed by atoms with Crippen LogP contribution in [0.4, 0.5) is 5.82 Å². The lowest BCUT2D eigenvalue weighted by atomic mass is 10.1. The Hall–Kier alpha value is -1.52. The SMILES string of the molecule is CCSc1ccc(-c2ccc(CN)c(N)n2)cc1. The first-order valence-corrected chi connectivity index (χ1v) is 6.92. The van der Waals surface area contributed by atoms with Gasteiger partial charge < -0.3 is 11.5 Å². The van der Waals surface area contributed by atoms with E-state index in [9.17, 15) is 0 Å². The van der Waals surface area contributed by atoms with Crippen LogP contribution in [0.1, 0.15) is 12.5 Å². The zero-order chi connectivity index (χ0) is 13.0. The van der Waals surface area contributed by atoms with Crippen LogP contribution < -0.4 is 11.5 Å². The molecule has 2 rings (SSSR count). The van der Waals surface area contributed by atoms with E-state index in [2.05, 4.69) is 36.2 Å². The predicted octanol–water partition coefficient (Wildman–Crippen LogP) is 2.90. The van der Waals surface area contributed by atoms with Crippen molar-refractivity contribution in [1.82, 2.24) is 4.98 Å². The minimum absolute atomic E-state index is 0.422. The number of nitrogens with zero attached hydrogens (tertiary/aromatic N) is 1. The molecule has 0 bridgehead atoms. The second-order valence-electron chi connectivity index (χ2n) is 3.90. The van der Waals surface area contributed by atoms with Crippen molar-refractivity contribution in [3.63, 3.8) is 0 Å². The summed E-state index contributed by atoms with van der Waals surface area (Å²) in [7, 11) is 0. The van der Waals surface area contributed by atoms with Crippen LogP contribution in [0.25, 0.3) is 11.3 Å². The van der Waals surface area contributed by atoms with E-state index in [1.165, 1.54) is 4.90 Å². The van der Waals surface area contributed by atoms with Crippen molar-refractivity contribution in [3.05, 3.63) is 42.0 Å². The van der Waals surface area contributed by atoms with Crippen LogP contribution in [-0.4, -0.2) is 10.7 Å².